The zero-order chi connectivity index (χ0) is 29.4. The minimum Gasteiger partial charge on any atom is -0.499 e. The predicted octanol–water partition coefficient (Wildman–Crippen LogP) is 8.85. The van der Waals surface area contributed by atoms with Crippen LogP contribution in [0.4, 0.5) is 0 Å². The quantitative estimate of drug-likeness (QED) is 0.134. The van der Waals surface area contributed by atoms with E-state index in [0.717, 1.165) is 39.1 Å². The van der Waals surface area contributed by atoms with Crippen LogP contribution in [0.1, 0.15) is 37.5 Å². The van der Waals surface area contributed by atoms with Gasteiger partial charge in [-0.05, 0) is 53.9 Å². The molecule has 0 fully saturated rings. The standard InChI is InChI=1S/C23H25N2OSi.C13H12N.Ir/c1-23(2,3)15-9-12-25-18(13-15)16-7-8-20(27(4,5)6)21-17-10-11-24-14-19(17)26-22(16)21;1-10-8-13(14-9-11(10)2)12-6-4-3-5-7-12;/h8-14H,1-6H3;3-6,8-9H,1-2H3;/q2*-1;. The number of hydrogen-bond acceptors (Lipinski definition) is 4. The van der Waals surface area contributed by atoms with Crippen LogP contribution in [0.5, 0.6) is 0 Å². The van der Waals surface area contributed by atoms with E-state index in [1.165, 1.54) is 27.3 Å². The molecular formula is C36H37IrN3OSi-2. The summed E-state index contributed by atoms with van der Waals surface area (Å²) in [6.45, 7) is 17.9. The third kappa shape index (κ3) is 6.62. The molecule has 0 amide bonds. The van der Waals surface area contributed by atoms with Crippen LogP contribution in [0.2, 0.25) is 19.6 Å². The van der Waals surface area contributed by atoms with Gasteiger partial charge in [-0.1, -0.05) is 69.1 Å². The van der Waals surface area contributed by atoms with Crippen LogP contribution in [-0.2, 0) is 25.5 Å². The van der Waals surface area contributed by atoms with Crippen molar-refractivity contribution in [2.24, 2.45) is 0 Å². The number of nitrogens with zero attached hydrogens (tertiary/aromatic N) is 3. The molecule has 4 nitrogen and oxygen atoms in total. The molecule has 0 aliphatic carbocycles. The molecule has 0 saturated heterocycles. The van der Waals surface area contributed by atoms with Gasteiger partial charge in [0.25, 0.3) is 0 Å². The summed E-state index contributed by atoms with van der Waals surface area (Å²) in [5, 5.41) is 3.68. The Kier molecular flexibility index (Phi) is 9.32. The van der Waals surface area contributed by atoms with Gasteiger partial charge in [-0.25, -0.2) is 0 Å². The van der Waals surface area contributed by atoms with Crippen LogP contribution >= 0.6 is 0 Å². The van der Waals surface area contributed by atoms with Gasteiger partial charge in [0.2, 0.25) is 0 Å². The van der Waals surface area contributed by atoms with Crippen molar-refractivity contribution in [1.29, 1.82) is 0 Å². The topological polar surface area (TPSA) is 51.8 Å². The van der Waals surface area contributed by atoms with Crippen molar-refractivity contribution in [3.8, 4) is 22.5 Å². The van der Waals surface area contributed by atoms with E-state index in [1.807, 2.05) is 48.9 Å². The number of aromatic nitrogens is 3. The van der Waals surface area contributed by atoms with Gasteiger partial charge in [0.1, 0.15) is 5.58 Å². The second-order valence-electron chi connectivity index (χ2n) is 12.6. The van der Waals surface area contributed by atoms with Crippen molar-refractivity contribution in [3.63, 3.8) is 0 Å². The molecule has 0 saturated carbocycles. The Labute approximate surface area is 264 Å². The Balaban J connectivity index is 0.000000228. The molecule has 0 spiro atoms. The molecule has 0 N–H and O–H groups in total. The third-order valence-electron chi connectivity index (χ3n) is 7.40. The summed E-state index contributed by atoms with van der Waals surface area (Å²) in [6.07, 6.45) is 7.42. The molecule has 0 aliphatic heterocycles. The molecule has 2 aromatic carbocycles. The molecule has 217 valence electrons. The van der Waals surface area contributed by atoms with Gasteiger partial charge in [0.15, 0.2) is 0 Å². The van der Waals surface area contributed by atoms with Crippen molar-refractivity contribution in [2.45, 2.75) is 59.7 Å². The van der Waals surface area contributed by atoms with Crippen molar-refractivity contribution in [1.82, 2.24) is 15.0 Å². The number of hydrogen-bond donors (Lipinski definition) is 0. The fraction of sp³-hybridized carbons (Fsp3) is 0.250. The Morgan fingerprint density at radius 1 is 0.833 bits per heavy atom. The van der Waals surface area contributed by atoms with Crippen molar-refractivity contribution in [2.75, 3.05) is 0 Å². The Bertz CT molecular complexity index is 1830. The predicted molar refractivity (Wildman–Crippen MR) is 173 cm³/mol. The fourth-order valence-electron chi connectivity index (χ4n) is 4.82. The van der Waals surface area contributed by atoms with Crippen molar-refractivity contribution in [3.05, 3.63) is 108 Å². The van der Waals surface area contributed by atoms with Crippen LogP contribution in [0, 0.1) is 26.0 Å². The number of rotatable bonds is 3. The Morgan fingerprint density at radius 3 is 2.29 bits per heavy atom. The van der Waals surface area contributed by atoms with Crippen LogP contribution < -0.4 is 5.19 Å². The van der Waals surface area contributed by atoms with Crippen molar-refractivity contribution >= 4 is 35.2 Å². The second kappa shape index (κ2) is 12.4. The van der Waals surface area contributed by atoms with E-state index in [2.05, 4.69) is 106 Å². The molecule has 1 radical (unpaired) electrons. The first-order chi connectivity index (χ1) is 19.4. The normalized spacial score (nSPS) is 11.6. The molecular weight excluding hydrogens is 711 g/mol. The summed E-state index contributed by atoms with van der Waals surface area (Å²) in [5.74, 6) is 0. The molecule has 0 unspecified atom stereocenters. The van der Waals surface area contributed by atoms with Crippen molar-refractivity contribution < 1.29 is 24.5 Å². The van der Waals surface area contributed by atoms with Gasteiger partial charge in [0, 0.05) is 52.2 Å². The first-order valence-electron chi connectivity index (χ1n) is 14.0. The van der Waals surface area contributed by atoms with Crippen LogP contribution in [0.25, 0.3) is 44.5 Å². The third-order valence-corrected chi connectivity index (χ3v) is 9.41. The summed E-state index contributed by atoms with van der Waals surface area (Å²) >= 11 is 0. The van der Waals surface area contributed by atoms with Gasteiger partial charge in [-0.3, -0.25) is 4.98 Å². The first kappa shape index (κ1) is 31.5. The summed E-state index contributed by atoms with van der Waals surface area (Å²) in [5.41, 5.74) is 9.38. The van der Waals surface area contributed by atoms with E-state index < -0.39 is 8.07 Å². The molecule has 4 heterocycles. The number of fused-ring (bicyclic) bond motifs is 3. The second-order valence-corrected chi connectivity index (χ2v) is 17.7. The van der Waals surface area contributed by atoms with Gasteiger partial charge in [0.05, 0.1) is 11.8 Å². The maximum atomic E-state index is 6.29. The average molecular weight is 748 g/mol. The summed E-state index contributed by atoms with van der Waals surface area (Å²) in [4.78, 5) is 13.3. The molecule has 0 bridgehead atoms. The number of benzene rings is 2. The SMILES string of the molecule is CC(C)(C)c1ccnc(-c2[c-]cc([Si](C)(C)C)c3c2oc2cnccc23)c1.Cc1cnc(-c2[c-]cccc2)cc1C.[Ir]. The number of furan rings is 1. The summed E-state index contributed by atoms with van der Waals surface area (Å²) in [6, 6.07) is 25.1. The molecule has 4 aromatic heterocycles. The van der Waals surface area contributed by atoms with E-state index in [4.69, 9.17) is 4.42 Å². The average Bonchev–Trinajstić information content (AvgIpc) is 3.33. The Morgan fingerprint density at radius 2 is 1.62 bits per heavy atom. The fourth-order valence-corrected chi connectivity index (χ4v) is 6.32. The van der Waals surface area contributed by atoms with E-state index in [0.29, 0.717) is 0 Å². The zero-order valence-electron chi connectivity index (χ0n) is 25.6. The molecule has 6 heteroatoms. The number of aryl methyl sites for hydroxylation is 2. The largest absolute Gasteiger partial charge is 0.499 e. The molecule has 6 aromatic rings. The van der Waals surface area contributed by atoms with E-state index >= 15 is 0 Å². The van der Waals surface area contributed by atoms with Gasteiger partial charge in [-0.15, -0.1) is 53.2 Å². The molecule has 0 aliphatic rings. The molecule has 0 atom stereocenters. The first-order valence-corrected chi connectivity index (χ1v) is 17.5. The molecule has 42 heavy (non-hydrogen) atoms. The minimum absolute atomic E-state index is 0. The Hall–Kier alpha value is -3.44. The van der Waals surface area contributed by atoms with Crippen LogP contribution in [0.15, 0.2) is 83.8 Å². The smallest absolute Gasteiger partial charge is 0.139 e. The van der Waals surface area contributed by atoms with Gasteiger partial charge < -0.3 is 14.4 Å². The minimum atomic E-state index is -1.58. The number of pyridine rings is 3. The van der Waals surface area contributed by atoms with Crippen LogP contribution in [-0.4, -0.2) is 23.0 Å². The summed E-state index contributed by atoms with van der Waals surface area (Å²) in [7, 11) is -1.58. The van der Waals surface area contributed by atoms with E-state index in [9.17, 15) is 0 Å². The zero-order valence-corrected chi connectivity index (χ0v) is 29.0. The maximum Gasteiger partial charge on any atom is 0.139 e. The molecule has 6 rings (SSSR count). The van der Waals surface area contributed by atoms with Gasteiger partial charge in [-0.2, -0.15) is 0 Å². The maximum absolute atomic E-state index is 6.29. The van der Waals surface area contributed by atoms with Gasteiger partial charge >= 0.3 is 0 Å². The van der Waals surface area contributed by atoms with Crippen LogP contribution in [0.3, 0.4) is 0 Å². The monoisotopic (exact) mass is 748 g/mol. The van der Waals surface area contributed by atoms with E-state index in [1.54, 1.807) is 6.20 Å². The van der Waals surface area contributed by atoms with E-state index in [-0.39, 0.29) is 25.5 Å². The summed E-state index contributed by atoms with van der Waals surface area (Å²) < 4.78 is 6.29.